The van der Waals surface area contributed by atoms with Crippen molar-refractivity contribution in [2.24, 2.45) is 5.92 Å². The highest BCUT2D eigenvalue weighted by molar-refractivity contribution is 5.94. The summed E-state index contributed by atoms with van der Waals surface area (Å²) >= 11 is 0. The fraction of sp³-hybridized carbons (Fsp3) is 0.611. The Bertz CT molecular complexity index is 593. The molecule has 0 unspecified atom stereocenters. The number of ether oxygens (including phenoxy) is 2. The van der Waals surface area contributed by atoms with Gasteiger partial charge in [-0.05, 0) is 62.5 Å². The number of nitrogens with one attached hydrogen (secondary N) is 1. The number of halogens is 3. The summed E-state index contributed by atoms with van der Waals surface area (Å²) in [6, 6.07) is 5.48. The molecule has 2 aliphatic heterocycles. The number of benzene rings is 1. The molecule has 2 aliphatic rings. The van der Waals surface area contributed by atoms with Crippen molar-refractivity contribution in [3.8, 4) is 5.75 Å². The first-order valence-electron chi connectivity index (χ1n) is 8.86. The molecule has 26 heavy (non-hydrogen) atoms. The molecule has 0 aliphatic carbocycles. The summed E-state index contributed by atoms with van der Waals surface area (Å²) in [5.41, 5.74) is 0.320. The van der Waals surface area contributed by atoms with Crippen LogP contribution in [-0.4, -0.2) is 56.1 Å². The lowest BCUT2D eigenvalue weighted by molar-refractivity contribution is -0.274. The van der Waals surface area contributed by atoms with Crippen LogP contribution in [0.5, 0.6) is 5.75 Å². The van der Waals surface area contributed by atoms with Crippen LogP contribution in [0.1, 0.15) is 29.6 Å². The van der Waals surface area contributed by atoms with Crippen LogP contribution in [0.3, 0.4) is 0 Å². The fourth-order valence-electron chi connectivity index (χ4n) is 3.48. The number of carbonyl (C=O) groups is 1. The Labute approximate surface area is 150 Å². The lowest BCUT2D eigenvalue weighted by atomic mass is 9.95. The van der Waals surface area contributed by atoms with Gasteiger partial charge in [-0.15, -0.1) is 13.2 Å². The van der Waals surface area contributed by atoms with Crippen LogP contribution >= 0.6 is 0 Å². The molecule has 0 spiro atoms. The van der Waals surface area contributed by atoms with Crippen LogP contribution in [0.25, 0.3) is 0 Å². The Morgan fingerprint density at radius 2 is 1.88 bits per heavy atom. The molecule has 0 saturated carbocycles. The molecule has 1 amide bonds. The lowest BCUT2D eigenvalue weighted by Gasteiger charge is -2.35. The van der Waals surface area contributed by atoms with Gasteiger partial charge in [0.1, 0.15) is 5.75 Å². The van der Waals surface area contributed by atoms with Crippen molar-refractivity contribution in [2.75, 3.05) is 32.8 Å². The topological polar surface area (TPSA) is 50.8 Å². The second-order valence-electron chi connectivity index (χ2n) is 6.78. The highest BCUT2D eigenvalue weighted by atomic mass is 19.4. The highest BCUT2D eigenvalue weighted by Gasteiger charge is 2.31. The van der Waals surface area contributed by atoms with Gasteiger partial charge >= 0.3 is 6.36 Å². The largest absolute Gasteiger partial charge is 0.573 e. The van der Waals surface area contributed by atoms with Gasteiger partial charge in [-0.25, -0.2) is 0 Å². The Morgan fingerprint density at radius 3 is 2.46 bits per heavy atom. The zero-order valence-corrected chi connectivity index (χ0v) is 14.4. The van der Waals surface area contributed by atoms with Crippen LogP contribution in [0.2, 0.25) is 0 Å². The van der Waals surface area contributed by atoms with Gasteiger partial charge in [0, 0.05) is 24.8 Å². The Morgan fingerprint density at radius 1 is 1.19 bits per heavy atom. The van der Waals surface area contributed by atoms with E-state index in [0.29, 0.717) is 24.1 Å². The molecular formula is C18H23F3N2O3. The molecule has 3 rings (SSSR count). The standard InChI is InChI=1S/C18H23F3N2O3/c19-18(20,21)26-16-3-1-14(2-4-16)17(24)22-11-13-5-8-23(9-6-13)15-7-10-25-12-15/h1-4,13,15H,5-12H2,(H,22,24)/t15-/m0/s1. The van der Waals surface area contributed by atoms with Crippen LogP contribution in [-0.2, 0) is 4.74 Å². The van der Waals surface area contributed by atoms with Gasteiger partial charge < -0.3 is 14.8 Å². The molecule has 1 N–H and O–H groups in total. The molecule has 2 saturated heterocycles. The molecule has 0 aromatic heterocycles. The number of amides is 1. The molecule has 5 nitrogen and oxygen atoms in total. The third-order valence-corrected chi connectivity index (χ3v) is 4.97. The van der Waals surface area contributed by atoms with Gasteiger partial charge in [-0.3, -0.25) is 9.69 Å². The average Bonchev–Trinajstić information content (AvgIpc) is 3.14. The maximum absolute atomic E-state index is 12.2. The molecule has 8 heteroatoms. The molecule has 1 aromatic carbocycles. The first-order valence-corrected chi connectivity index (χ1v) is 8.86. The summed E-state index contributed by atoms with van der Waals surface area (Å²) in [4.78, 5) is 14.6. The maximum Gasteiger partial charge on any atom is 0.573 e. The summed E-state index contributed by atoms with van der Waals surface area (Å²) in [7, 11) is 0. The highest BCUT2D eigenvalue weighted by Crippen LogP contribution is 2.23. The summed E-state index contributed by atoms with van der Waals surface area (Å²) in [5, 5.41) is 2.88. The average molecular weight is 372 g/mol. The molecule has 1 aromatic rings. The van der Waals surface area contributed by atoms with E-state index in [1.54, 1.807) is 0 Å². The first kappa shape index (κ1) is 19.0. The molecule has 1 atom stereocenters. The predicted octanol–water partition coefficient (Wildman–Crippen LogP) is 2.82. The van der Waals surface area contributed by atoms with E-state index < -0.39 is 6.36 Å². The minimum atomic E-state index is -4.73. The number of nitrogens with zero attached hydrogens (tertiary/aromatic N) is 1. The molecular weight excluding hydrogens is 349 g/mol. The van der Waals surface area contributed by atoms with E-state index in [1.807, 2.05) is 0 Å². The Balaban J connectivity index is 1.41. The van der Waals surface area contributed by atoms with E-state index in [2.05, 4.69) is 15.0 Å². The van der Waals surface area contributed by atoms with E-state index in [9.17, 15) is 18.0 Å². The van der Waals surface area contributed by atoms with Crippen LogP contribution in [0.15, 0.2) is 24.3 Å². The van der Waals surface area contributed by atoms with Crippen molar-refractivity contribution in [3.05, 3.63) is 29.8 Å². The second kappa shape index (κ2) is 8.26. The van der Waals surface area contributed by atoms with Crippen molar-refractivity contribution >= 4 is 5.91 Å². The molecule has 144 valence electrons. The number of hydrogen-bond donors (Lipinski definition) is 1. The molecule has 0 radical (unpaired) electrons. The number of alkyl halides is 3. The van der Waals surface area contributed by atoms with E-state index in [-0.39, 0.29) is 11.7 Å². The quantitative estimate of drug-likeness (QED) is 0.864. The Hall–Kier alpha value is -1.80. The smallest absolute Gasteiger partial charge is 0.406 e. The van der Waals surface area contributed by atoms with Crippen molar-refractivity contribution in [1.82, 2.24) is 10.2 Å². The molecule has 2 fully saturated rings. The minimum Gasteiger partial charge on any atom is -0.406 e. The van der Waals surface area contributed by atoms with Gasteiger partial charge in [0.15, 0.2) is 0 Å². The number of rotatable bonds is 5. The third kappa shape index (κ3) is 5.35. The fourth-order valence-corrected chi connectivity index (χ4v) is 3.48. The summed E-state index contributed by atoms with van der Waals surface area (Å²) < 4.78 is 45.7. The van der Waals surface area contributed by atoms with Gasteiger partial charge in [0.05, 0.1) is 6.61 Å². The van der Waals surface area contributed by atoms with Gasteiger partial charge in [-0.1, -0.05) is 0 Å². The van der Waals surface area contributed by atoms with E-state index in [0.717, 1.165) is 57.7 Å². The zero-order chi connectivity index (χ0) is 18.6. The molecule has 0 bridgehead atoms. The van der Waals surface area contributed by atoms with Crippen LogP contribution < -0.4 is 10.1 Å². The number of likely N-dealkylation sites (tertiary alicyclic amines) is 1. The van der Waals surface area contributed by atoms with E-state index in [4.69, 9.17) is 4.74 Å². The third-order valence-electron chi connectivity index (χ3n) is 4.97. The monoisotopic (exact) mass is 372 g/mol. The SMILES string of the molecule is O=C(NCC1CCN([C@H]2CCOC2)CC1)c1ccc(OC(F)(F)F)cc1. The van der Waals surface area contributed by atoms with Gasteiger partial charge in [-0.2, -0.15) is 0 Å². The second-order valence-corrected chi connectivity index (χ2v) is 6.78. The maximum atomic E-state index is 12.2. The number of piperidine rings is 1. The van der Waals surface area contributed by atoms with Crippen LogP contribution in [0, 0.1) is 5.92 Å². The van der Waals surface area contributed by atoms with E-state index in [1.165, 1.54) is 12.1 Å². The zero-order valence-electron chi connectivity index (χ0n) is 14.4. The van der Waals surface area contributed by atoms with Gasteiger partial charge in [0.2, 0.25) is 0 Å². The number of hydrogen-bond acceptors (Lipinski definition) is 4. The lowest BCUT2D eigenvalue weighted by Crippen LogP contribution is -2.43. The van der Waals surface area contributed by atoms with Crippen LogP contribution in [0.4, 0.5) is 13.2 Å². The van der Waals surface area contributed by atoms with Crippen molar-refractivity contribution < 1.29 is 27.4 Å². The van der Waals surface area contributed by atoms with Crippen molar-refractivity contribution in [3.63, 3.8) is 0 Å². The van der Waals surface area contributed by atoms with Gasteiger partial charge in [0.25, 0.3) is 5.91 Å². The predicted molar refractivity (Wildman–Crippen MR) is 89.0 cm³/mol. The minimum absolute atomic E-state index is 0.282. The van der Waals surface area contributed by atoms with Crippen molar-refractivity contribution in [2.45, 2.75) is 31.7 Å². The molecule has 2 heterocycles. The Kier molecular flexibility index (Phi) is 6.03. The summed E-state index contributed by atoms with van der Waals surface area (Å²) in [6.07, 6.45) is -1.59. The van der Waals surface area contributed by atoms with Crippen molar-refractivity contribution in [1.29, 1.82) is 0 Å². The summed E-state index contributed by atoms with van der Waals surface area (Å²) in [5.74, 6) is -0.196. The van der Waals surface area contributed by atoms with E-state index >= 15 is 0 Å². The normalized spacial score (nSPS) is 22.3. The number of carbonyl (C=O) groups excluding carboxylic acids is 1. The summed E-state index contributed by atoms with van der Waals surface area (Å²) in [6.45, 7) is 4.26. The first-order chi connectivity index (χ1) is 12.4.